The van der Waals surface area contributed by atoms with Gasteiger partial charge in [0, 0.05) is 5.56 Å². The highest BCUT2D eigenvalue weighted by Gasteiger charge is 2.25. The summed E-state index contributed by atoms with van der Waals surface area (Å²) in [6, 6.07) is 10.5. The van der Waals surface area contributed by atoms with Gasteiger partial charge < -0.3 is 10.5 Å². The number of carbonyl (C=O) groups is 1. The number of primary amides is 1. The summed E-state index contributed by atoms with van der Waals surface area (Å²) < 4.78 is 30.3. The minimum atomic E-state index is -3.71. The highest BCUT2D eigenvalue weighted by molar-refractivity contribution is 7.91. The molecule has 0 aromatic heterocycles. The molecular formula is C18H20ClNO4S. The normalized spacial score (nSPS) is 11.3. The summed E-state index contributed by atoms with van der Waals surface area (Å²) in [5.41, 5.74) is 6.83. The van der Waals surface area contributed by atoms with Crippen LogP contribution in [0.1, 0.15) is 35.3 Å². The Labute approximate surface area is 152 Å². The number of benzene rings is 2. The van der Waals surface area contributed by atoms with Gasteiger partial charge in [0.2, 0.25) is 5.91 Å². The predicted molar refractivity (Wildman–Crippen MR) is 97.8 cm³/mol. The van der Waals surface area contributed by atoms with Crippen molar-refractivity contribution in [1.82, 2.24) is 0 Å². The van der Waals surface area contributed by atoms with Crippen LogP contribution in [0.2, 0.25) is 5.02 Å². The number of carbonyl (C=O) groups excluding carboxylic acids is 1. The summed E-state index contributed by atoms with van der Waals surface area (Å²) in [5.74, 6) is -0.376. The summed E-state index contributed by atoms with van der Waals surface area (Å²) in [6.07, 6.45) is 0.929. The number of amides is 1. The van der Waals surface area contributed by atoms with Crippen molar-refractivity contribution in [3.05, 3.63) is 58.1 Å². The first kappa shape index (κ1) is 19.3. The van der Waals surface area contributed by atoms with Crippen molar-refractivity contribution in [1.29, 1.82) is 0 Å². The molecule has 0 aliphatic rings. The summed E-state index contributed by atoms with van der Waals surface area (Å²) in [4.78, 5) is 11.3. The van der Waals surface area contributed by atoms with E-state index in [1.54, 1.807) is 6.07 Å². The Balaban J connectivity index is 2.35. The SMILES string of the molecule is CCc1ccc(OCc2ccc(C(N)=O)c(S(=O)(=O)CC)c2Cl)cc1. The van der Waals surface area contributed by atoms with Crippen molar-refractivity contribution in [3.8, 4) is 5.75 Å². The number of hydrogen-bond acceptors (Lipinski definition) is 4. The second-order valence-electron chi connectivity index (χ2n) is 5.47. The largest absolute Gasteiger partial charge is 0.489 e. The molecule has 0 saturated carbocycles. The molecule has 134 valence electrons. The van der Waals surface area contributed by atoms with Crippen LogP contribution in [0.25, 0.3) is 0 Å². The van der Waals surface area contributed by atoms with Crippen LogP contribution < -0.4 is 10.5 Å². The summed E-state index contributed by atoms with van der Waals surface area (Å²) in [5, 5.41) is -0.0247. The van der Waals surface area contributed by atoms with Crippen LogP contribution in [0.4, 0.5) is 0 Å². The number of rotatable bonds is 7. The first-order valence-corrected chi connectivity index (χ1v) is 9.88. The average Bonchev–Trinajstić information content (AvgIpc) is 2.60. The Kier molecular flexibility index (Phi) is 6.08. The average molecular weight is 382 g/mol. The molecule has 0 atom stereocenters. The van der Waals surface area contributed by atoms with E-state index in [0.29, 0.717) is 11.3 Å². The molecule has 0 radical (unpaired) electrons. The van der Waals surface area contributed by atoms with Gasteiger partial charge in [0.25, 0.3) is 0 Å². The van der Waals surface area contributed by atoms with Crippen molar-refractivity contribution in [2.75, 3.05) is 5.75 Å². The van der Waals surface area contributed by atoms with Crippen LogP contribution in [-0.4, -0.2) is 20.1 Å². The smallest absolute Gasteiger partial charge is 0.250 e. The molecule has 0 spiro atoms. The van der Waals surface area contributed by atoms with Gasteiger partial charge in [-0.25, -0.2) is 8.42 Å². The van der Waals surface area contributed by atoms with Crippen molar-refractivity contribution in [2.24, 2.45) is 5.73 Å². The summed E-state index contributed by atoms with van der Waals surface area (Å²) >= 11 is 6.27. The molecule has 0 saturated heterocycles. The lowest BCUT2D eigenvalue weighted by Crippen LogP contribution is -2.18. The van der Waals surface area contributed by atoms with E-state index in [0.717, 1.165) is 6.42 Å². The molecule has 0 heterocycles. The van der Waals surface area contributed by atoms with E-state index in [-0.39, 0.29) is 27.8 Å². The second kappa shape index (κ2) is 7.89. The van der Waals surface area contributed by atoms with Gasteiger partial charge in [-0.2, -0.15) is 0 Å². The molecule has 2 aromatic carbocycles. The molecule has 7 heteroatoms. The predicted octanol–water partition coefficient (Wildman–Crippen LogP) is 3.37. The maximum Gasteiger partial charge on any atom is 0.250 e. The Morgan fingerprint density at radius 3 is 2.28 bits per heavy atom. The fourth-order valence-corrected chi connectivity index (χ4v) is 4.10. The number of aryl methyl sites for hydroxylation is 1. The standard InChI is InChI=1S/C18H20ClNO4S/c1-3-12-5-8-14(9-6-12)24-11-13-7-10-15(18(20)21)17(16(13)19)25(22,23)4-2/h5-10H,3-4,11H2,1-2H3,(H2,20,21). The van der Waals surface area contributed by atoms with Crippen molar-refractivity contribution in [2.45, 2.75) is 31.8 Å². The van der Waals surface area contributed by atoms with Crippen LogP contribution in [0, 0.1) is 0 Å². The molecule has 0 fully saturated rings. The number of ether oxygens (including phenoxy) is 1. The van der Waals surface area contributed by atoms with E-state index in [2.05, 4.69) is 6.92 Å². The molecule has 0 aliphatic carbocycles. The number of halogens is 1. The molecule has 25 heavy (non-hydrogen) atoms. The molecule has 0 unspecified atom stereocenters. The van der Waals surface area contributed by atoms with Gasteiger partial charge >= 0.3 is 0 Å². The van der Waals surface area contributed by atoms with Gasteiger partial charge in [0.15, 0.2) is 9.84 Å². The third-order valence-electron chi connectivity index (χ3n) is 3.86. The summed E-state index contributed by atoms with van der Waals surface area (Å²) in [6.45, 7) is 3.62. The van der Waals surface area contributed by atoms with Crippen molar-refractivity contribution < 1.29 is 17.9 Å². The number of sulfone groups is 1. The zero-order chi connectivity index (χ0) is 18.6. The molecule has 0 aliphatic heterocycles. The van der Waals surface area contributed by atoms with Gasteiger partial charge in [-0.15, -0.1) is 0 Å². The van der Waals surface area contributed by atoms with Crippen molar-refractivity contribution >= 4 is 27.3 Å². The maximum atomic E-state index is 12.3. The lowest BCUT2D eigenvalue weighted by molar-refractivity contribution is 0.0997. The molecule has 1 amide bonds. The number of hydrogen-bond donors (Lipinski definition) is 1. The first-order valence-electron chi connectivity index (χ1n) is 7.85. The fourth-order valence-electron chi connectivity index (χ4n) is 2.33. The molecular weight excluding hydrogens is 362 g/mol. The van der Waals surface area contributed by atoms with Crippen LogP contribution >= 0.6 is 11.6 Å². The highest BCUT2D eigenvalue weighted by Crippen LogP contribution is 2.31. The fraction of sp³-hybridized carbons (Fsp3) is 0.278. The van der Waals surface area contributed by atoms with Gasteiger partial charge in [0.1, 0.15) is 12.4 Å². The van der Waals surface area contributed by atoms with Crippen LogP contribution in [0.5, 0.6) is 5.75 Å². The van der Waals surface area contributed by atoms with Gasteiger partial charge in [-0.05, 0) is 30.2 Å². The minimum Gasteiger partial charge on any atom is -0.489 e. The Morgan fingerprint density at radius 2 is 1.76 bits per heavy atom. The van der Waals surface area contributed by atoms with E-state index < -0.39 is 15.7 Å². The maximum absolute atomic E-state index is 12.3. The van der Waals surface area contributed by atoms with E-state index in [4.69, 9.17) is 22.1 Å². The minimum absolute atomic E-state index is 0.0247. The van der Waals surface area contributed by atoms with Crippen molar-refractivity contribution in [3.63, 3.8) is 0 Å². The van der Waals surface area contributed by atoms with E-state index in [9.17, 15) is 13.2 Å². The van der Waals surface area contributed by atoms with E-state index in [1.165, 1.54) is 18.6 Å². The van der Waals surface area contributed by atoms with Gasteiger partial charge in [-0.3, -0.25) is 4.79 Å². The van der Waals surface area contributed by atoms with Gasteiger partial charge in [-0.1, -0.05) is 43.6 Å². The third-order valence-corrected chi connectivity index (χ3v) is 6.21. The zero-order valence-electron chi connectivity index (χ0n) is 14.1. The van der Waals surface area contributed by atoms with Crippen LogP contribution in [0.3, 0.4) is 0 Å². The molecule has 2 N–H and O–H groups in total. The molecule has 0 bridgehead atoms. The lowest BCUT2D eigenvalue weighted by Gasteiger charge is -2.14. The number of nitrogens with two attached hydrogens (primary N) is 1. The van der Waals surface area contributed by atoms with Crippen LogP contribution in [-0.2, 0) is 22.9 Å². The van der Waals surface area contributed by atoms with E-state index >= 15 is 0 Å². The summed E-state index contributed by atoms with van der Waals surface area (Å²) in [7, 11) is -3.71. The topological polar surface area (TPSA) is 86.5 Å². The van der Waals surface area contributed by atoms with E-state index in [1.807, 2.05) is 24.3 Å². The monoisotopic (exact) mass is 381 g/mol. The lowest BCUT2D eigenvalue weighted by atomic mass is 10.1. The highest BCUT2D eigenvalue weighted by atomic mass is 35.5. The molecule has 2 rings (SSSR count). The zero-order valence-corrected chi connectivity index (χ0v) is 15.7. The molecule has 2 aromatic rings. The third kappa shape index (κ3) is 4.32. The molecule has 5 nitrogen and oxygen atoms in total. The Hall–Kier alpha value is -2.05. The second-order valence-corrected chi connectivity index (χ2v) is 8.06. The Bertz CT molecular complexity index is 877. The first-order chi connectivity index (χ1) is 11.8. The Morgan fingerprint density at radius 1 is 1.12 bits per heavy atom. The quantitative estimate of drug-likeness (QED) is 0.796. The van der Waals surface area contributed by atoms with Crippen LogP contribution in [0.15, 0.2) is 41.3 Å². The van der Waals surface area contributed by atoms with Gasteiger partial charge in [0.05, 0.1) is 21.2 Å².